The zero-order valence-corrected chi connectivity index (χ0v) is 15.8. The summed E-state index contributed by atoms with van der Waals surface area (Å²) in [6, 6.07) is 7.46. The van der Waals surface area contributed by atoms with E-state index in [1.54, 1.807) is 0 Å². The molecule has 1 unspecified atom stereocenters. The minimum atomic E-state index is -0.0618. The number of hydrogen-bond donors (Lipinski definition) is 3. The van der Waals surface area contributed by atoms with Crippen molar-refractivity contribution < 1.29 is 9.59 Å². The highest BCUT2D eigenvalue weighted by molar-refractivity contribution is 5.94. The maximum Gasteiger partial charge on any atom is 0.251 e. The Morgan fingerprint density at radius 3 is 2.50 bits per heavy atom. The van der Waals surface area contributed by atoms with Crippen LogP contribution in [0.3, 0.4) is 0 Å². The third-order valence-electron chi connectivity index (χ3n) is 5.63. The van der Waals surface area contributed by atoms with E-state index in [0.717, 1.165) is 44.5 Å². The number of benzene rings is 1. The number of piperidine rings is 1. The third kappa shape index (κ3) is 4.62. The van der Waals surface area contributed by atoms with E-state index in [2.05, 4.69) is 16.0 Å². The maximum atomic E-state index is 12.4. The fraction of sp³-hybridized carbons (Fsp3) is 0.600. The van der Waals surface area contributed by atoms with Gasteiger partial charge in [0.15, 0.2) is 0 Å². The number of amides is 2. The van der Waals surface area contributed by atoms with Gasteiger partial charge >= 0.3 is 0 Å². The molecule has 1 saturated carbocycles. The number of hydrogen-bond acceptors (Lipinski definition) is 4. The Balaban J connectivity index is 1.43. The Hall–Kier alpha value is -1.92. The van der Waals surface area contributed by atoms with Crippen LogP contribution in [0.1, 0.15) is 35.2 Å². The van der Waals surface area contributed by atoms with Crippen LogP contribution in [0.15, 0.2) is 24.3 Å². The van der Waals surface area contributed by atoms with Crippen LogP contribution in [0.5, 0.6) is 0 Å². The lowest BCUT2D eigenvalue weighted by Crippen LogP contribution is -2.33. The van der Waals surface area contributed by atoms with Crippen molar-refractivity contribution in [3.63, 3.8) is 0 Å². The van der Waals surface area contributed by atoms with Crippen molar-refractivity contribution in [2.24, 2.45) is 11.3 Å². The summed E-state index contributed by atoms with van der Waals surface area (Å²) in [6.45, 7) is 4.02. The number of likely N-dealkylation sites (N-methyl/N-ethyl adjacent to an activating group) is 1. The second-order valence-electron chi connectivity index (χ2n) is 7.84. The van der Waals surface area contributed by atoms with Gasteiger partial charge in [0.25, 0.3) is 5.91 Å². The van der Waals surface area contributed by atoms with E-state index >= 15 is 0 Å². The molecule has 1 aromatic carbocycles. The monoisotopic (exact) mass is 358 g/mol. The van der Waals surface area contributed by atoms with Crippen LogP contribution < -0.4 is 16.0 Å². The van der Waals surface area contributed by atoms with Crippen LogP contribution in [0.25, 0.3) is 0 Å². The first-order chi connectivity index (χ1) is 12.5. The van der Waals surface area contributed by atoms with Crippen LogP contribution in [0.2, 0.25) is 0 Å². The van der Waals surface area contributed by atoms with Gasteiger partial charge in [-0.1, -0.05) is 12.1 Å². The van der Waals surface area contributed by atoms with Crippen molar-refractivity contribution >= 4 is 11.8 Å². The molecule has 2 aliphatic rings. The second kappa shape index (κ2) is 8.18. The van der Waals surface area contributed by atoms with Gasteiger partial charge in [-0.3, -0.25) is 9.59 Å². The Morgan fingerprint density at radius 2 is 1.85 bits per heavy atom. The molecule has 26 heavy (non-hydrogen) atoms. The van der Waals surface area contributed by atoms with Gasteiger partial charge in [-0.05, 0) is 69.6 Å². The van der Waals surface area contributed by atoms with Gasteiger partial charge in [0.2, 0.25) is 5.91 Å². The van der Waals surface area contributed by atoms with Gasteiger partial charge in [-0.15, -0.1) is 0 Å². The second-order valence-corrected chi connectivity index (χ2v) is 7.84. The Kier molecular flexibility index (Phi) is 5.94. The number of nitrogens with one attached hydrogen (secondary N) is 3. The van der Waals surface area contributed by atoms with Crippen molar-refractivity contribution in [3.05, 3.63) is 35.4 Å². The molecule has 2 fully saturated rings. The van der Waals surface area contributed by atoms with E-state index in [9.17, 15) is 9.59 Å². The summed E-state index contributed by atoms with van der Waals surface area (Å²) >= 11 is 0. The summed E-state index contributed by atoms with van der Waals surface area (Å²) in [5.74, 6) is 0.303. The summed E-state index contributed by atoms with van der Waals surface area (Å²) in [5, 5.41) is 9.33. The average molecular weight is 358 g/mol. The SMILES string of the molecule is CN(C)CCNC(=O)c1ccc(CNC(=O)C2CC23CCNCC3)cc1. The number of rotatable bonds is 7. The Labute approximate surface area is 155 Å². The van der Waals surface area contributed by atoms with Gasteiger partial charge in [-0.25, -0.2) is 0 Å². The lowest BCUT2D eigenvalue weighted by atomic mass is 9.92. The van der Waals surface area contributed by atoms with Gasteiger partial charge in [-0.2, -0.15) is 0 Å². The molecule has 3 N–H and O–H groups in total. The van der Waals surface area contributed by atoms with Crippen molar-refractivity contribution in [1.29, 1.82) is 0 Å². The van der Waals surface area contributed by atoms with Gasteiger partial charge in [0, 0.05) is 31.1 Å². The predicted molar refractivity (Wildman–Crippen MR) is 102 cm³/mol. The molecule has 1 atom stereocenters. The van der Waals surface area contributed by atoms with Crippen LogP contribution >= 0.6 is 0 Å². The van der Waals surface area contributed by atoms with E-state index in [4.69, 9.17) is 0 Å². The molecule has 1 aliphatic carbocycles. The molecule has 3 rings (SSSR count). The topological polar surface area (TPSA) is 73.5 Å². The molecule has 1 spiro atoms. The zero-order valence-electron chi connectivity index (χ0n) is 15.8. The maximum absolute atomic E-state index is 12.4. The number of carbonyl (C=O) groups is 2. The summed E-state index contributed by atoms with van der Waals surface area (Å²) < 4.78 is 0. The molecule has 6 nitrogen and oxygen atoms in total. The van der Waals surface area contributed by atoms with E-state index in [-0.39, 0.29) is 23.1 Å². The third-order valence-corrected chi connectivity index (χ3v) is 5.63. The lowest BCUT2D eigenvalue weighted by molar-refractivity contribution is -0.123. The smallest absolute Gasteiger partial charge is 0.251 e. The minimum Gasteiger partial charge on any atom is -0.352 e. The van der Waals surface area contributed by atoms with Crippen LogP contribution in [-0.4, -0.2) is 57.0 Å². The Morgan fingerprint density at radius 1 is 1.15 bits per heavy atom. The standard InChI is InChI=1S/C20H30N4O2/c1-24(2)12-11-22-18(25)16-5-3-15(4-6-16)14-23-19(26)17-13-20(17)7-9-21-10-8-20/h3-6,17,21H,7-14H2,1-2H3,(H,22,25)(H,23,26). The van der Waals surface area contributed by atoms with E-state index in [0.29, 0.717) is 18.7 Å². The molecule has 1 aromatic rings. The molecule has 1 saturated heterocycles. The molecular formula is C20H30N4O2. The highest BCUT2D eigenvalue weighted by atomic mass is 16.2. The molecule has 2 amide bonds. The molecule has 1 aliphatic heterocycles. The van der Waals surface area contributed by atoms with Gasteiger partial charge in [0.05, 0.1) is 0 Å². The normalized spacial score (nSPS) is 20.8. The van der Waals surface area contributed by atoms with Crippen molar-refractivity contribution in [2.45, 2.75) is 25.8 Å². The largest absolute Gasteiger partial charge is 0.352 e. The van der Waals surface area contributed by atoms with E-state index in [1.165, 1.54) is 0 Å². The summed E-state index contributed by atoms with van der Waals surface area (Å²) in [6.07, 6.45) is 3.26. The van der Waals surface area contributed by atoms with Crippen molar-refractivity contribution in [3.8, 4) is 0 Å². The van der Waals surface area contributed by atoms with E-state index < -0.39 is 0 Å². The lowest BCUT2D eigenvalue weighted by Gasteiger charge is -2.23. The predicted octanol–water partition coefficient (Wildman–Crippen LogP) is 0.984. The molecule has 0 bridgehead atoms. The number of nitrogens with zero attached hydrogens (tertiary/aromatic N) is 1. The molecular weight excluding hydrogens is 328 g/mol. The van der Waals surface area contributed by atoms with E-state index in [1.807, 2.05) is 43.3 Å². The quantitative estimate of drug-likeness (QED) is 0.679. The van der Waals surface area contributed by atoms with Gasteiger partial charge < -0.3 is 20.9 Å². The molecule has 0 aromatic heterocycles. The highest BCUT2D eigenvalue weighted by Gasteiger charge is 2.57. The van der Waals surface area contributed by atoms with Crippen LogP contribution in [0, 0.1) is 11.3 Å². The average Bonchev–Trinajstić information content (AvgIpc) is 3.33. The summed E-state index contributed by atoms with van der Waals surface area (Å²) in [4.78, 5) is 26.5. The first-order valence-corrected chi connectivity index (χ1v) is 9.50. The van der Waals surface area contributed by atoms with Crippen LogP contribution in [0.4, 0.5) is 0 Å². The molecule has 1 heterocycles. The summed E-state index contributed by atoms with van der Waals surface area (Å²) in [5.41, 5.74) is 1.93. The van der Waals surface area contributed by atoms with Crippen molar-refractivity contribution in [1.82, 2.24) is 20.9 Å². The minimum absolute atomic E-state index is 0.0618. The number of carbonyl (C=O) groups excluding carboxylic acids is 2. The first kappa shape index (κ1) is 18.9. The first-order valence-electron chi connectivity index (χ1n) is 9.50. The Bertz CT molecular complexity index is 636. The highest BCUT2D eigenvalue weighted by Crippen LogP contribution is 2.58. The summed E-state index contributed by atoms with van der Waals surface area (Å²) in [7, 11) is 3.95. The molecule has 0 radical (unpaired) electrons. The van der Waals surface area contributed by atoms with Gasteiger partial charge in [0.1, 0.15) is 0 Å². The fourth-order valence-electron chi connectivity index (χ4n) is 3.78. The zero-order chi connectivity index (χ0) is 18.6. The van der Waals surface area contributed by atoms with Crippen molar-refractivity contribution in [2.75, 3.05) is 40.3 Å². The molecule has 6 heteroatoms. The fourth-order valence-corrected chi connectivity index (χ4v) is 3.78. The van der Waals surface area contributed by atoms with Crippen LogP contribution in [-0.2, 0) is 11.3 Å². The molecule has 142 valence electrons.